The summed E-state index contributed by atoms with van der Waals surface area (Å²) in [7, 11) is -2.22. The summed E-state index contributed by atoms with van der Waals surface area (Å²) < 4.78 is 132. The van der Waals surface area contributed by atoms with Crippen LogP contribution in [-0.2, 0) is 46.9 Å². The monoisotopic (exact) mass is 827 g/mol. The number of nitrogens with zero attached hydrogens (tertiary/aromatic N) is 5. The Hall–Kier alpha value is -5.48. The van der Waals surface area contributed by atoms with Gasteiger partial charge in [-0.25, -0.2) is 22.2 Å². The zero-order chi connectivity index (χ0) is 41.3. The third kappa shape index (κ3) is 6.10. The lowest BCUT2D eigenvalue weighted by Gasteiger charge is -2.30. The SMILES string of the molecule is Cn1nc(NS(C)(=O)=O)c2cccc(-c3ccc(C#CC4(O)CCC4)nc3[C@H](Cc3cc(F)cc(F)c3)NC(=O)Cn3nc(C(F)(F)F)c4c3C(F)(F)[C@@]35CC3[C@H]45)c21. The Bertz CT molecular complexity index is 2750. The normalized spacial score (nSPS) is 22.5. The van der Waals surface area contributed by atoms with E-state index in [0.717, 1.165) is 24.8 Å². The molecule has 0 radical (unpaired) electrons. The van der Waals surface area contributed by atoms with Gasteiger partial charge in [0.2, 0.25) is 15.9 Å². The van der Waals surface area contributed by atoms with Crippen molar-refractivity contribution in [3.05, 3.63) is 94.1 Å². The second-order valence-corrected chi connectivity index (χ2v) is 17.3. The van der Waals surface area contributed by atoms with Gasteiger partial charge in [0.15, 0.2) is 11.5 Å². The number of amides is 1. The van der Waals surface area contributed by atoms with Gasteiger partial charge in [0, 0.05) is 41.1 Å². The van der Waals surface area contributed by atoms with Gasteiger partial charge in [-0.05, 0) is 79.8 Å². The molecule has 11 nitrogen and oxygen atoms in total. The molecular weight excluding hydrogens is 796 g/mol. The maximum atomic E-state index is 15.8. The van der Waals surface area contributed by atoms with Gasteiger partial charge in [0.25, 0.3) is 5.92 Å². The third-order valence-electron chi connectivity index (χ3n) is 11.6. The fourth-order valence-electron chi connectivity index (χ4n) is 8.79. The first-order valence-corrected chi connectivity index (χ1v) is 20.1. The molecule has 4 atom stereocenters. The van der Waals surface area contributed by atoms with Crippen LogP contribution in [0.4, 0.5) is 36.6 Å². The molecule has 302 valence electrons. The lowest BCUT2D eigenvalue weighted by atomic mass is 9.81. The molecule has 4 aliphatic rings. The predicted octanol–water partition coefficient (Wildman–Crippen LogP) is 6.08. The molecule has 1 spiro atoms. The number of halogens is 7. The molecule has 3 saturated carbocycles. The molecule has 3 heterocycles. The average Bonchev–Trinajstić information content (AvgIpc) is 3.90. The number of nitrogens with one attached hydrogen (secondary N) is 2. The Kier molecular flexibility index (Phi) is 8.21. The van der Waals surface area contributed by atoms with Crippen LogP contribution in [0.5, 0.6) is 0 Å². The van der Waals surface area contributed by atoms with E-state index in [1.807, 2.05) is 0 Å². The summed E-state index contributed by atoms with van der Waals surface area (Å²) in [5, 5.41) is 21.6. The van der Waals surface area contributed by atoms with E-state index >= 15 is 8.78 Å². The Morgan fingerprint density at radius 3 is 2.43 bits per heavy atom. The lowest BCUT2D eigenvalue weighted by molar-refractivity contribution is -0.142. The summed E-state index contributed by atoms with van der Waals surface area (Å²) in [5.74, 6) is -2.55. The fraction of sp³-hybridized carbons (Fsp3) is 0.385. The highest BCUT2D eigenvalue weighted by Crippen LogP contribution is 2.95. The number of hydrogen-bond acceptors (Lipinski definition) is 7. The summed E-state index contributed by atoms with van der Waals surface area (Å²) in [4.78, 5) is 18.7. The van der Waals surface area contributed by atoms with Gasteiger partial charge in [0.05, 0.1) is 28.9 Å². The van der Waals surface area contributed by atoms with E-state index in [-0.39, 0.29) is 35.6 Å². The molecule has 5 aromatic rings. The van der Waals surface area contributed by atoms with Crippen LogP contribution in [0.1, 0.15) is 71.5 Å². The topological polar surface area (TPSA) is 144 Å². The molecule has 2 aromatic carbocycles. The summed E-state index contributed by atoms with van der Waals surface area (Å²) in [6.45, 7) is -1.06. The summed E-state index contributed by atoms with van der Waals surface area (Å²) in [6.07, 6.45) is -2.80. The zero-order valence-corrected chi connectivity index (χ0v) is 31.4. The number of aromatic nitrogens is 5. The number of rotatable bonds is 9. The second-order valence-electron chi connectivity index (χ2n) is 15.6. The van der Waals surface area contributed by atoms with Crippen molar-refractivity contribution in [3.8, 4) is 23.0 Å². The Balaban J connectivity index is 1.17. The highest BCUT2D eigenvalue weighted by molar-refractivity contribution is 7.92. The Morgan fingerprint density at radius 2 is 1.79 bits per heavy atom. The molecule has 9 rings (SSSR count). The minimum absolute atomic E-state index is 0.00385. The van der Waals surface area contributed by atoms with Crippen molar-refractivity contribution >= 4 is 32.7 Å². The molecule has 1 unspecified atom stereocenters. The quantitative estimate of drug-likeness (QED) is 0.121. The Morgan fingerprint density at radius 1 is 1.07 bits per heavy atom. The highest BCUT2D eigenvalue weighted by atomic mass is 32.2. The smallest absolute Gasteiger partial charge is 0.378 e. The van der Waals surface area contributed by atoms with Crippen LogP contribution in [0.25, 0.3) is 22.0 Å². The van der Waals surface area contributed by atoms with Crippen molar-refractivity contribution in [1.29, 1.82) is 0 Å². The standard InChI is InChI=1S/C39H32F7N7O4S/c1-52-32-24(5-3-6-25(32)35(50-52)51-58(2,56)57)23-8-7-22(9-12-36(55)10-4-11-36)47-31(23)27(15-19-13-20(40)16-21(41)14-19)48-28(54)18-53-34-29(33(49-53)39(44,45)46)30-26-17-37(26,30)38(34,42)43/h3,5-8,13-14,16,26-27,30,55H,4,10-11,15,17-18H2,1-2H3,(H,48,54)(H,50,51)/t26?,27-,30+,37-/m0/s1. The van der Waals surface area contributed by atoms with Crippen molar-refractivity contribution in [1.82, 2.24) is 29.9 Å². The molecule has 0 bridgehead atoms. The molecule has 0 aliphatic heterocycles. The molecule has 0 saturated heterocycles. The molecule has 19 heteroatoms. The highest BCUT2D eigenvalue weighted by Gasteiger charge is 2.94. The number of aliphatic hydroxyl groups is 1. The number of alkyl halides is 5. The van der Waals surface area contributed by atoms with Crippen molar-refractivity contribution in [3.63, 3.8) is 0 Å². The van der Waals surface area contributed by atoms with Crippen molar-refractivity contribution in [2.45, 2.75) is 68.3 Å². The number of hydrogen-bond donors (Lipinski definition) is 3. The number of carbonyl (C=O) groups excluding carboxylic acids is 1. The van der Waals surface area contributed by atoms with E-state index in [2.05, 4.69) is 32.1 Å². The maximum Gasteiger partial charge on any atom is 0.435 e. The number of carbonyl (C=O) groups is 1. The van der Waals surface area contributed by atoms with Crippen molar-refractivity contribution in [2.75, 3.05) is 11.0 Å². The van der Waals surface area contributed by atoms with Gasteiger partial charge in [-0.2, -0.15) is 32.1 Å². The molecular formula is C39H32F7N7O4S. The number of benzene rings is 2. The van der Waals surface area contributed by atoms with E-state index in [1.165, 1.54) is 10.7 Å². The van der Waals surface area contributed by atoms with Gasteiger partial charge < -0.3 is 10.4 Å². The van der Waals surface area contributed by atoms with Gasteiger partial charge in [-0.1, -0.05) is 18.1 Å². The fourth-order valence-corrected chi connectivity index (χ4v) is 9.29. The number of pyridine rings is 1. The van der Waals surface area contributed by atoms with Crippen molar-refractivity contribution < 1.29 is 49.1 Å². The van der Waals surface area contributed by atoms with E-state index in [4.69, 9.17) is 4.98 Å². The van der Waals surface area contributed by atoms with Gasteiger partial charge in [-0.15, -0.1) is 0 Å². The number of aryl methyl sites for hydroxylation is 1. The maximum absolute atomic E-state index is 15.8. The Labute approximate surface area is 325 Å². The van der Waals surface area contributed by atoms with Crippen LogP contribution in [0.2, 0.25) is 0 Å². The van der Waals surface area contributed by atoms with E-state index < -0.39 is 92.1 Å². The summed E-state index contributed by atoms with van der Waals surface area (Å²) in [6, 6.07) is 9.30. The lowest BCUT2D eigenvalue weighted by Crippen LogP contribution is -2.35. The number of para-hydroxylation sites is 1. The second kappa shape index (κ2) is 12.5. The predicted molar refractivity (Wildman–Crippen MR) is 193 cm³/mol. The minimum atomic E-state index is -5.07. The van der Waals surface area contributed by atoms with Crippen LogP contribution in [0.15, 0.2) is 48.5 Å². The van der Waals surface area contributed by atoms with E-state index in [0.29, 0.717) is 45.6 Å². The molecule has 3 aromatic heterocycles. The molecule has 4 aliphatic carbocycles. The first kappa shape index (κ1) is 38.1. The van der Waals surface area contributed by atoms with Gasteiger partial charge >= 0.3 is 6.18 Å². The molecule has 3 fully saturated rings. The van der Waals surface area contributed by atoms with E-state index in [9.17, 15) is 40.3 Å². The number of anilines is 1. The average molecular weight is 828 g/mol. The summed E-state index contributed by atoms with van der Waals surface area (Å²) in [5.41, 5.74) is -4.61. The number of sulfonamides is 1. The number of fused-ring (bicyclic) bond motifs is 4. The van der Waals surface area contributed by atoms with Gasteiger partial charge in [0.1, 0.15) is 35.2 Å². The first-order valence-electron chi connectivity index (χ1n) is 18.2. The van der Waals surface area contributed by atoms with Crippen LogP contribution >= 0.6 is 0 Å². The van der Waals surface area contributed by atoms with E-state index in [1.54, 1.807) is 31.3 Å². The molecule has 3 N–H and O–H groups in total. The van der Waals surface area contributed by atoms with Crippen LogP contribution in [0, 0.1) is 34.8 Å². The van der Waals surface area contributed by atoms with Crippen LogP contribution < -0.4 is 10.0 Å². The summed E-state index contributed by atoms with van der Waals surface area (Å²) >= 11 is 0. The molecule has 1 amide bonds. The molecule has 58 heavy (non-hydrogen) atoms. The van der Waals surface area contributed by atoms with Crippen LogP contribution in [-0.4, -0.2) is 55.8 Å². The minimum Gasteiger partial charge on any atom is -0.378 e. The van der Waals surface area contributed by atoms with Crippen LogP contribution in [0.3, 0.4) is 0 Å². The van der Waals surface area contributed by atoms with Crippen molar-refractivity contribution in [2.24, 2.45) is 18.4 Å². The zero-order valence-electron chi connectivity index (χ0n) is 30.6. The largest absolute Gasteiger partial charge is 0.435 e. The van der Waals surface area contributed by atoms with Gasteiger partial charge in [-0.3, -0.25) is 18.9 Å². The first-order chi connectivity index (χ1) is 27.2. The third-order valence-corrected chi connectivity index (χ3v) is 12.2.